The molecule has 0 N–H and O–H groups in total. The number of aromatic nitrogens is 2. The van der Waals surface area contributed by atoms with E-state index in [0.29, 0.717) is 26.4 Å². The summed E-state index contributed by atoms with van der Waals surface area (Å²) < 4.78 is 9.17. The molecule has 5 nitrogen and oxygen atoms in total. The minimum absolute atomic E-state index is 0.0996. The molecular weight excluding hydrogens is 344 g/mol. The molecule has 0 radical (unpaired) electrons. The number of aryl methyl sites for hydroxylation is 1. The number of para-hydroxylation sites is 1. The second kappa shape index (κ2) is 6.86. The van der Waals surface area contributed by atoms with Gasteiger partial charge in [-0.1, -0.05) is 36.8 Å². The minimum atomic E-state index is -0.434. The number of thiazole rings is 1. The molecule has 0 unspecified atom stereocenters. The van der Waals surface area contributed by atoms with Gasteiger partial charge < -0.3 is 4.74 Å². The molecular formula is C17H18N2O3S2. The predicted octanol–water partition coefficient (Wildman–Crippen LogP) is 4.02. The minimum Gasteiger partial charge on any atom is -0.462 e. The summed E-state index contributed by atoms with van der Waals surface area (Å²) in [5.41, 5.74) is 1.17. The molecule has 0 fully saturated rings. The third kappa shape index (κ3) is 2.67. The molecule has 0 saturated heterocycles. The highest BCUT2D eigenvalue weighted by Crippen LogP contribution is 2.25. The molecule has 0 amide bonds. The zero-order valence-electron chi connectivity index (χ0n) is 13.6. The molecule has 24 heavy (non-hydrogen) atoms. The van der Waals surface area contributed by atoms with Gasteiger partial charge in [-0.3, -0.25) is 13.8 Å². The van der Waals surface area contributed by atoms with Crippen LogP contribution in [0.1, 0.15) is 36.4 Å². The number of hydrogen-bond donors (Lipinski definition) is 0. The van der Waals surface area contributed by atoms with Crippen LogP contribution in [-0.4, -0.2) is 21.5 Å². The van der Waals surface area contributed by atoms with E-state index >= 15 is 0 Å². The van der Waals surface area contributed by atoms with Crippen molar-refractivity contribution in [2.75, 3.05) is 6.61 Å². The van der Waals surface area contributed by atoms with E-state index in [4.69, 9.17) is 17.0 Å². The summed E-state index contributed by atoms with van der Waals surface area (Å²) in [6, 6.07) is 7.34. The van der Waals surface area contributed by atoms with Crippen LogP contribution in [0.15, 0.2) is 29.1 Å². The number of ether oxygens (including phenoxy) is 1. The van der Waals surface area contributed by atoms with E-state index in [0.717, 1.165) is 18.4 Å². The molecule has 0 bridgehead atoms. The van der Waals surface area contributed by atoms with Gasteiger partial charge in [0.1, 0.15) is 5.65 Å². The zero-order chi connectivity index (χ0) is 17.3. The highest BCUT2D eigenvalue weighted by Gasteiger charge is 2.21. The van der Waals surface area contributed by atoms with Crippen LogP contribution in [0.3, 0.4) is 0 Å². The Morgan fingerprint density at radius 1 is 1.29 bits per heavy atom. The van der Waals surface area contributed by atoms with Crippen molar-refractivity contribution in [1.82, 2.24) is 8.97 Å². The summed E-state index contributed by atoms with van der Waals surface area (Å²) in [7, 11) is 0. The highest BCUT2D eigenvalue weighted by molar-refractivity contribution is 7.73. The van der Waals surface area contributed by atoms with E-state index in [9.17, 15) is 9.59 Å². The maximum absolute atomic E-state index is 13.0. The Kier molecular flexibility index (Phi) is 4.82. The van der Waals surface area contributed by atoms with Gasteiger partial charge in [0.15, 0.2) is 8.83 Å². The van der Waals surface area contributed by atoms with E-state index in [2.05, 4.69) is 6.92 Å². The summed E-state index contributed by atoms with van der Waals surface area (Å²) in [6.45, 7) is 4.65. The van der Waals surface area contributed by atoms with E-state index in [1.165, 1.54) is 11.3 Å². The molecule has 0 aliphatic heterocycles. The summed E-state index contributed by atoms with van der Waals surface area (Å²) in [6.07, 6.45) is 1.80. The van der Waals surface area contributed by atoms with Crippen LogP contribution in [0.4, 0.5) is 0 Å². The first kappa shape index (κ1) is 16.9. The Hall–Kier alpha value is -1.99. The first-order valence-corrected chi connectivity index (χ1v) is 9.16. The van der Waals surface area contributed by atoms with Crippen LogP contribution in [0, 0.1) is 3.95 Å². The Morgan fingerprint density at radius 2 is 2.04 bits per heavy atom. The van der Waals surface area contributed by atoms with Crippen molar-refractivity contribution in [3.8, 4) is 0 Å². The van der Waals surface area contributed by atoms with Gasteiger partial charge in [0, 0.05) is 6.54 Å². The van der Waals surface area contributed by atoms with E-state index in [1.807, 2.05) is 22.6 Å². The van der Waals surface area contributed by atoms with Crippen molar-refractivity contribution in [3.63, 3.8) is 0 Å². The smallest absolute Gasteiger partial charge is 0.352 e. The molecule has 3 rings (SSSR count). The lowest BCUT2D eigenvalue weighted by atomic mass is 10.2. The summed E-state index contributed by atoms with van der Waals surface area (Å²) in [5, 5.41) is 0.602. The molecule has 2 aromatic heterocycles. The molecule has 1 aromatic carbocycles. The van der Waals surface area contributed by atoms with Crippen molar-refractivity contribution in [3.05, 3.63) is 43.5 Å². The molecule has 0 saturated carbocycles. The van der Waals surface area contributed by atoms with Crippen LogP contribution in [0.5, 0.6) is 0 Å². The standard InChI is InChI=1S/C17H18N2O3S2/c1-3-5-10-18-14-13(16(21)22-4-2)24-17(23)19(14)12-9-7-6-8-11(12)15(18)20/h6-9H,3-5,10H2,1-2H3. The summed E-state index contributed by atoms with van der Waals surface area (Å²) >= 11 is 6.67. The molecule has 126 valence electrons. The number of hydrogen-bond acceptors (Lipinski definition) is 5. The van der Waals surface area contributed by atoms with E-state index in [1.54, 1.807) is 17.6 Å². The van der Waals surface area contributed by atoms with Crippen molar-refractivity contribution >= 4 is 46.1 Å². The first-order chi connectivity index (χ1) is 11.6. The quantitative estimate of drug-likeness (QED) is 0.508. The normalized spacial score (nSPS) is 11.2. The third-order valence-corrected chi connectivity index (χ3v) is 5.20. The van der Waals surface area contributed by atoms with Gasteiger partial charge in [-0.2, -0.15) is 0 Å². The van der Waals surface area contributed by atoms with E-state index < -0.39 is 5.97 Å². The van der Waals surface area contributed by atoms with Gasteiger partial charge in [-0.15, -0.1) is 0 Å². The van der Waals surface area contributed by atoms with Crippen LogP contribution < -0.4 is 5.56 Å². The lowest BCUT2D eigenvalue weighted by Crippen LogP contribution is -2.24. The van der Waals surface area contributed by atoms with Crippen molar-refractivity contribution in [2.45, 2.75) is 33.2 Å². The first-order valence-electron chi connectivity index (χ1n) is 7.94. The number of fused-ring (bicyclic) bond motifs is 3. The molecule has 0 aliphatic rings. The second-order valence-electron chi connectivity index (χ2n) is 5.40. The van der Waals surface area contributed by atoms with Crippen molar-refractivity contribution < 1.29 is 9.53 Å². The van der Waals surface area contributed by atoms with Gasteiger partial charge in [-0.25, -0.2) is 4.79 Å². The fraction of sp³-hybridized carbons (Fsp3) is 0.353. The van der Waals surface area contributed by atoms with Crippen LogP contribution in [-0.2, 0) is 11.3 Å². The average molecular weight is 362 g/mol. The molecule has 3 aromatic rings. The maximum atomic E-state index is 13.0. The lowest BCUT2D eigenvalue weighted by molar-refractivity contribution is 0.0533. The second-order valence-corrected chi connectivity index (χ2v) is 7.05. The van der Waals surface area contributed by atoms with Crippen molar-refractivity contribution in [1.29, 1.82) is 0 Å². The molecule has 7 heteroatoms. The molecule has 2 heterocycles. The van der Waals surface area contributed by atoms with Crippen molar-refractivity contribution in [2.24, 2.45) is 0 Å². The monoisotopic (exact) mass is 362 g/mol. The Labute approximate surface area is 148 Å². The zero-order valence-corrected chi connectivity index (χ0v) is 15.2. The molecule has 0 spiro atoms. The number of nitrogens with zero attached hydrogens (tertiary/aromatic N) is 2. The number of carbonyl (C=O) groups is 1. The SMILES string of the molecule is CCCCn1c(=O)c2ccccc2n2c(=S)sc(C(=O)OCC)c12. The lowest BCUT2D eigenvalue weighted by Gasteiger charge is -2.12. The topological polar surface area (TPSA) is 52.7 Å². The summed E-state index contributed by atoms with van der Waals surface area (Å²) in [5.74, 6) is -0.434. The largest absolute Gasteiger partial charge is 0.462 e. The van der Waals surface area contributed by atoms with Gasteiger partial charge in [0.05, 0.1) is 17.5 Å². The van der Waals surface area contributed by atoms with E-state index in [-0.39, 0.29) is 12.2 Å². The number of unbranched alkanes of at least 4 members (excludes halogenated alkanes) is 1. The van der Waals surface area contributed by atoms with Gasteiger partial charge >= 0.3 is 5.97 Å². The Bertz CT molecular complexity index is 1030. The van der Waals surface area contributed by atoms with Crippen LogP contribution in [0.25, 0.3) is 16.6 Å². The van der Waals surface area contributed by atoms with Gasteiger partial charge in [0.2, 0.25) is 0 Å². The molecule has 0 atom stereocenters. The predicted molar refractivity (Wildman–Crippen MR) is 98.7 cm³/mol. The summed E-state index contributed by atoms with van der Waals surface area (Å²) in [4.78, 5) is 25.7. The van der Waals surface area contributed by atoms with Gasteiger partial charge in [-0.05, 0) is 37.7 Å². The molecule has 0 aliphatic carbocycles. The number of rotatable bonds is 5. The fourth-order valence-electron chi connectivity index (χ4n) is 2.77. The third-order valence-electron chi connectivity index (χ3n) is 3.86. The highest BCUT2D eigenvalue weighted by atomic mass is 32.1. The Balaban J connectivity index is 2.47. The number of benzene rings is 1. The average Bonchev–Trinajstić information content (AvgIpc) is 2.93. The maximum Gasteiger partial charge on any atom is 0.352 e. The van der Waals surface area contributed by atoms with Crippen LogP contribution in [0.2, 0.25) is 0 Å². The van der Waals surface area contributed by atoms with Gasteiger partial charge in [0.25, 0.3) is 5.56 Å². The fourth-order valence-corrected chi connectivity index (χ4v) is 4.09. The van der Waals surface area contributed by atoms with Crippen LogP contribution >= 0.6 is 23.6 Å². The number of esters is 1. The Morgan fingerprint density at radius 3 is 2.75 bits per heavy atom. The number of carbonyl (C=O) groups excluding carboxylic acids is 1.